The summed E-state index contributed by atoms with van der Waals surface area (Å²) in [7, 11) is 0. The first kappa shape index (κ1) is 18.7. The molecular formula is C23H28. The number of allylic oxidation sites excluding steroid dienone is 1. The van der Waals surface area contributed by atoms with Crippen molar-refractivity contribution in [3.8, 4) is 0 Å². The third-order valence-electron chi connectivity index (χ3n) is 3.66. The zero-order chi connectivity index (χ0) is 15.9. The monoisotopic (exact) mass is 304 g/mol. The average Bonchev–Trinajstić information content (AvgIpc) is 2.59. The predicted molar refractivity (Wildman–Crippen MR) is 109 cm³/mol. The standard InChI is InChI=1S/C20H18.C2H6.CH4/c1-3-5-8-16-12-20-14-18-10-7-6-9-17(18)13-19(20)11-15(16)4-2;1-2;/h4-14H,2-3H2,1H3;1-2H3;1H4/b8-5-;;. The molecule has 0 aromatic heterocycles. The number of rotatable bonds is 3. The molecule has 0 aliphatic heterocycles. The second-order valence-electron chi connectivity index (χ2n) is 5.04. The van der Waals surface area contributed by atoms with Crippen LogP contribution in [0.1, 0.15) is 45.7 Å². The molecule has 3 rings (SSSR count). The van der Waals surface area contributed by atoms with Crippen molar-refractivity contribution >= 4 is 33.7 Å². The molecular weight excluding hydrogens is 276 g/mol. The van der Waals surface area contributed by atoms with Crippen LogP contribution in [0, 0.1) is 0 Å². The van der Waals surface area contributed by atoms with Gasteiger partial charge in [-0.05, 0) is 63.4 Å². The maximum Gasteiger partial charge on any atom is -0.0171 e. The lowest BCUT2D eigenvalue weighted by atomic mass is 9.97. The molecule has 0 bridgehead atoms. The van der Waals surface area contributed by atoms with Crippen molar-refractivity contribution in [1.29, 1.82) is 0 Å². The third-order valence-corrected chi connectivity index (χ3v) is 3.66. The summed E-state index contributed by atoms with van der Waals surface area (Å²) in [4.78, 5) is 0. The predicted octanol–water partition coefficient (Wildman–Crippen LogP) is 7.72. The third kappa shape index (κ3) is 4.10. The van der Waals surface area contributed by atoms with E-state index in [1.54, 1.807) is 0 Å². The zero-order valence-electron chi connectivity index (χ0n) is 13.8. The van der Waals surface area contributed by atoms with E-state index >= 15 is 0 Å². The summed E-state index contributed by atoms with van der Waals surface area (Å²) in [5.74, 6) is 0. The van der Waals surface area contributed by atoms with Gasteiger partial charge in [0, 0.05) is 0 Å². The quantitative estimate of drug-likeness (QED) is 0.434. The van der Waals surface area contributed by atoms with Crippen molar-refractivity contribution < 1.29 is 0 Å². The fourth-order valence-corrected chi connectivity index (χ4v) is 2.59. The Labute approximate surface area is 141 Å². The molecule has 0 saturated carbocycles. The van der Waals surface area contributed by atoms with E-state index in [1.807, 2.05) is 19.9 Å². The van der Waals surface area contributed by atoms with E-state index in [0.717, 1.165) is 6.42 Å². The number of hydrogen-bond acceptors (Lipinski definition) is 0. The van der Waals surface area contributed by atoms with Crippen LogP contribution in [0.2, 0.25) is 0 Å². The lowest BCUT2D eigenvalue weighted by Crippen LogP contribution is -1.83. The molecule has 0 amide bonds. The summed E-state index contributed by atoms with van der Waals surface area (Å²) in [6, 6.07) is 17.5. The van der Waals surface area contributed by atoms with Gasteiger partial charge < -0.3 is 0 Å². The summed E-state index contributed by atoms with van der Waals surface area (Å²) in [5, 5.41) is 5.13. The van der Waals surface area contributed by atoms with Crippen LogP contribution in [0.4, 0.5) is 0 Å². The van der Waals surface area contributed by atoms with E-state index in [0.29, 0.717) is 0 Å². The van der Waals surface area contributed by atoms with Gasteiger partial charge in [-0.25, -0.2) is 0 Å². The SMILES string of the molecule is C.C=Cc1cc2cc3ccccc3cc2cc1/C=C\CC.CC. The van der Waals surface area contributed by atoms with Gasteiger partial charge in [-0.1, -0.05) is 77.3 Å². The van der Waals surface area contributed by atoms with Gasteiger partial charge in [0.15, 0.2) is 0 Å². The molecule has 0 nitrogen and oxygen atoms in total. The van der Waals surface area contributed by atoms with Crippen molar-refractivity contribution in [2.75, 3.05) is 0 Å². The largest absolute Gasteiger partial charge is 0.0984 e. The van der Waals surface area contributed by atoms with E-state index in [4.69, 9.17) is 0 Å². The first-order valence-electron chi connectivity index (χ1n) is 8.07. The number of benzene rings is 3. The fourth-order valence-electron chi connectivity index (χ4n) is 2.59. The normalized spacial score (nSPS) is 10.2. The molecule has 0 N–H and O–H groups in total. The van der Waals surface area contributed by atoms with Gasteiger partial charge in [-0.3, -0.25) is 0 Å². The van der Waals surface area contributed by atoms with Gasteiger partial charge in [-0.15, -0.1) is 0 Å². The molecule has 0 saturated heterocycles. The fraction of sp³-hybridized carbons (Fsp3) is 0.217. The minimum atomic E-state index is 0. The van der Waals surface area contributed by atoms with Crippen LogP contribution in [-0.4, -0.2) is 0 Å². The molecule has 0 heterocycles. The highest BCUT2D eigenvalue weighted by Gasteiger charge is 2.02. The molecule has 3 aromatic rings. The van der Waals surface area contributed by atoms with Gasteiger partial charge in [0.05, 0.1) is 0 Å². The Morgan fingerprint density at radius 1 is 0.826 bits per heavy atom. The lowest BCUT2D eigenvalue weighted by molar-refractivity contribution is 1.23. The Bertz CT molecular complexity index is 807. The molecule has 0 fully saturated rings. The molecule has 23 heavy (non-hydrogen) atoms. The highest BCUT2D eigenvalue weighted by atomic mass is 14.1. The average molecular weight is 304 g/mol. The van der Waals surface area contributed by atoms with E-state index in [2.05, 4.69) is 74.2 Å². The molecule has 3 aromatic carbocycles. The van der Waals surface area contributed by atoms with Gasteiger partial charge >= 0.3 is 0 Å². The van der Waals surface area contributed by atoms with E-state index in [-0.39, 0.29) is 7.43 Å². The Balaban J connectivity index is 0.000000849. The van der Waals surface area contributed by atoms with Crippen LogP contribution in [0.25, 0.3) is 33.7 Å². The summed E-state index contributed by atoms with van der Waals surface area (Å²) in [6.45, 7) is 10.1. The summed E-state index contributed by atoms with van der Waals surface area (Å²) >= 11 is 0. The summed E-state index contributed by atoms with van der Waals surface area (Å²) in [5.41, 5.74) is 2.43. The molecule has 0 aliphatic carbocycles. The molecule has 0 heteroatoms. The van der Waals surface area contributed by atoms with Gasteiger partial charge in [0.1, 0.15) is 0 Å². The Morgan fingerprint density at radius 3 is 1.83 bits per heavy atom. The lowest BCUT2D eigenvalue weighted by Gasteiger charge is -2.07. The van der Waals surface area contributed by atoms with Crippen molar-refractivity contribution in [1.82, 2.24) is 0 Å². The summed E-state index contributed by atoms with van der Waals surface area (Å²) < 4.78 is 0. The maximum absolute atomic E-state index is 3.93. The van der Waals surface area contributed by atoms with E-state index in [9.17, 15) is 0 Å². The molecule has 0 atom stereocenters. The van der Waals surface area contributed by atoms with Crippen LogP contribution >= 0.6 is 0 Å². The molecule has 0 unspecified atom stereocenters. The van der Waals surface area contributed by atoms with Crippen molar-refractivity contribution in [2.45, 2.75) is 34.6 Å². The summed E-state index contributed by atoms with van der Waals surface area (Å²) in [6.07, 6.45) is 7.36. The Morgan fingerprint density at radius 2 is 1.35 bits per heavy atom. The molecule has 0 radical (unpaired) electrons. The highest BCUT2D eigenvalue weighted by Crippen LogP contribution is 2.27. The Kier molecular flexibility index (Phi) is 7.28. The molecule has 120 valence electrons. The topological polar surface area (TPSA) is 0 Å². The minimum absolute atomic E-state index is 0. The van der Waals surface area contributed by atoms with Crippen LogP contribution in [0.15, 0.2) is 61.2 Å². The second kappa shape index (κ2) is 8.95. The minimum Gasteiger partial charge on any atom is -0.0984 e. The van der Waals surface area contributed by atoms with Crippen LogP contribution in [0.3, 0.4) is 0 Å². The van der Waals surface area contributed by atoms with Crippen LogP contribution in [-0.2, 0) is 0 Å². The zero-order valence-corrected chi connectivity index (χ0v) is 13.8. The highest BCUT2D eigenvalue weighted by molar-refractivity contribution is 6.00. The van der Waals surface area contributed by atoms with Crippen molar-refractivity contribution in [3.05, 3.63) is 72.3 Å². The first-order valence-corrected chi connectivity index (χ1v) is 8.07. The van der Waals surface area contributed by atoms with Crippen molar-refractivity contribution in [3.63, 3.8) is 0 Å². The van der Waals surface area contributed by atoms with Crippen LogP contribution < -0.4 is 0 Å². The maximum atomic E-state index is 3.93. The van der Waals surface area contributed by atoms with Crippen molar-refractivity contribution in [2.24, 2.45) is 0 Å². The number of hydrogen-bond donors (Lipinski definition) is 0. The number of fused-ring (bicyclic) bond motifs is 2. The second-order valence-corrected chi connectivity index (χ2v) is 5.04. The molecule has 0 spiro atoms. The molecule has 0 aliphatic rings. The van der Waals surface area contributed by atoms with Gasteiger partial charge in [0.25, 0.3) is 0 Å². The van der Waals surface area contributed by atoms with E-state index in [1.165, 1.54) is 32.7 Å². The van der Waals surface area contributed by atoms with Gasteiger partial charge in [0.2, 0.25) is 0 Å². The first-order chi connectivity index (χ1) is 10.8. The van der Waals surface area contributed by atoms with E-state index < -0.39 is 0 Å². The van der Waals surface area contributed by atoms with Crippen LogP contribution in [0.5, 0.6) is 0 Å². The van der Waals surface area contributed by atoms with Gasteiger partial charge in [-0.2, -0.15) is 0 Å². The Hall–Kier alpha value is -2.34. The smallest absolute Gasteiger partial charge is 0.0171 e.